The summed E-state index contributed by atoms with van der Waals surface area (Å²) in [5.74, 6) is 1.74. The minimum absolute atomic E-state index is 0.0571. The first-order valence-corrected chi connectivity index (χ1v) is 9.53. The standard InChI is InChI=1S/C21H25N5O2/c1-14-10-20(24-19-11-17(28-3)4-5-18(14)19)26-8-6-16(7-9-26)23-21(27)15-12-22-25(2)13-15/h4-5,10-13,16H,6-9H2,1-3H3,(H,23,27). The van der Waals surface area contributed by atoms with E-state index in [0.717, 1.165) is 48.4 Å². The van der Waals surface area contributed by atoms with E-state index in [4.69, 9.17) is 9.72 Å². The largest absolute Gasteiger partial charge is 0.497 e. The Morgan fingerprint density at radius 3 is 2.71 bits per heavy atom. The molecule has 0 aliphatic carbocycles. The van der Waals surface area contributed by atoms with E-state index in [9.17, 15) is 4.79 Å². The number of piperidine rings is 1. The molecule has 0 unspecified atom stereocenters. The molecule has 4 rings (SSSR count). The maximum absolute atomic E-state index is 12.3. The molecule has 0 spiro atoms. The van der Waals surface area contributed by atoms with Crippen molar-refractivity contribution in [2.24, 2.45) is 7.05 Å². The Morgan fingerprint density at radius 1 is 1.25 bits per heavy atom. The highest BCUT2D eigenvalue weighted by Gasteiger charge is 2.23. The number of carbonyl (C=O) groups excluding carboxylic acids is 1. The lowest BCUT2D eigenvalue weighted by atomic mass is 10.0. The SMILES string of the molecule is COc1ccc2c(C)cc(N3CCC(NC(=O)c4cnn(C)c4)CC3)nc2c1. The summed E-state index contributed by atoms with van der Waals surface area (Å²) in [5.41, 5.74) is 2.75. The molecule has 0 radical (unpaired) electrons. The van der Waals surface area contributed by atoms with Crippen LogP contribution < -0.4 is 15.0 Å². The van der Waals surface area contributed by atoms with Gasteiger partial charge in [0.25, 0.3) is 5.91 Å². The molecule has 3 heterocycles. The number of ether oxygens (including phenoxy) is 1. The second-order valence-corrected chi connectivity index (χ2v) is 7.32. The number of aryl methyl sites for hydroxylation is 2. The number of nitrogens with one attached hydrogen (secondary N) is 1. The van der Waals surface area contributed by atoms with Crippen molar-refractivity contribution in [2.75, 3.05) is 25.1 Å². The number of hydrogen-bond acceptors (Lipinski definition) is 5. The van der Waals surface area contributed by atoms with Gasteiger partial charge in [-0.25, -0.2) is 4.98 Å². The van der Waals surface area contributed by atoms with Gasteiger partial charge in [-0.1, -0.05) is 0 Å². The van der Waals surface area contributed by atoms with Crippen LogP contribution in [0.1, 0.15) is 28.8 Å². The molecular formula is C21H25N5O2. The zero-order valence-corrected chi connectivity index (χ0v) is 16.5. The molecule has 0 bridgehead atoms. The van der Waals surface area contributed by atoms with Crippen molar-refractivity contribution in [2.45, 2.75) is 25.8 Å². The molecule has 2 aromatic heterocycles. The van der Waals surface area contributed by atoms with Gasteiger partial charge in [0.15, 0.2) is 0 Å². The number of methoxy groups -OCH3 is 1. The summed E-state index contributed by atoms with van der Waals surface area (Å²) in [6, 6.07) is 8.31. The molecule has 146 valence electrons. The summed E-state index contributed by atoms with van der Waals surface area (Å²) in [6.07, 6.45) is 5.12. The average molecular weight is 379 g/mol. The van der Waals surface area contributed by atoms with Crippen LogP contribution in [0.3, 0.4) is 0 Å². The number of aromatic nitrogens is 3. The Kier molecular flexibility index (Phi) is 4.90. The van der Waals surface area contributed by atoms with Crippen LogP contribution in [0.4, 0.5) is 5.82 Å². The van der Waals surface area contributed by atoms with E-state index < -0.39 is 0 Å². The molecule has 1 aliphatic rings. The minimum Gasteiger partial charge on any atom is -0.497 e. The van der Waals surface area contributed by atoms with Crippen molar-refractivity contribution in [3.05, 3.63) is 47.8 Å². The smallest absolute Gasteiger partial charge is 0.254 e. The van der Waals surface area contributed by atoms with Gasteiger partial charge >= 0.3 is 0 Å². The Labute approximate surface area is 164 Å². The molecule has 1 fully saturated rings. The number of hydrogen-bond donors (Lipinski definition) is 1. The van der Waals surface area contributed by atoms with Crippen LogP contribution in [-0.2, 0) is 7.05 Å². The normalized spacial score (nSPS) is 15.0. The Bertz CT molecular complexity index is 1010. The van der Waals surface area contributed by atoms with E-state index in [1.165, 1.54) is 5.56 Å². The number of pyridine rings is 1. The van der Waals surface area contributed by atoms with Gasteiger partial charge in [0.1, 0.15) is 11.6 Å². The van der Waals surface area contributed by atoms with E-state index in [2.05, 4.69) is 34.4 Å². The first kappa shape index (κ1) is 18.3. The fourth-order valence-electron chi connectivity index (χ4n) is 3.71. The van der Waals surface area contributed by atoms with E-state index in [1.54, 1.807) is 24.2 Å². The number of rotatable bonds is 4. The first-order chi connectivity index (χ1) is 13.5. The third-order valence-electron chi connectivity index (χ3n) is 5.33. The summed E-state index contributed by atoms with van der Waals surface area (Å²) in [4.78, 5) is 19.5. The second-order valence-electron chi connectivity index (χ2n) is 7.32. The molecule has 1 saturated heterocycles. The topological polar surface area (TPSA) is 72.3 Å². The molecule has 1 aromatic carbocycles. The quantitative estimate of drug-likeness (QED) is 0.755. The zero-order valence-electron chi connectivity index (χ0n) is 16.5. The molecule has 1 amide bonds. The van der Waals surface area contributed by atoms with E-state index in [-0.39, 0.29) is 11.9 Å². The maximum Gasteiger partial charge on any atom is 0.254 e. The van der Waals surface area contributed by atoms with E-state index in [0.29, 0.717) is 5.56 Å². The van der Waals surface area contributed by atoms with Crippen molar-refractivity contribution in [1.29, 1.82) is 0 Å². The van der Waals surface area contributed by atoms with Crippen LogP contribution >= 0.6 is 0 Å². The van der Waals surface area contributed by atoms with Gasteiger partial charge in [0.2, 0.25) is 0 Å². The van der Waals surface area contributed by atoms with Crippen LogP contribution in [0.5, 0.6) is 5.75 Å². The fraction of sp³-hybridized carbons (Fsp3) is 0.381. The summed E-state index contributed by atoms with van der Waals surface area (Å²) < 4.78 is 6.98. The molecule has 0 atom stereocenters. The first-order valence-electron chi connectivity index (χ1n) is 9.53. The predicted octanol–water partition coefficient (Wildman–Crippen LogP) is 2.68. The summed E-state index contributed by atoms with van der Waals surface area (Å²) >= 11 is 0. The molecule has 3 aromatic rings. The molecule has 28 heavy (non-hydrogen) atoms. The van der Waals surface area contributed by atoms with Crippen LogP contribution in [0.25, 0.3) is 10.9 Å². The lowest BCUT2D eigenvalue weighted by Gasteiger charge is -2.33. The van der Waals surface area contributed by atoms with Crippen LogP contribution in [0.2, 0.25) is 0 Å². The average Bonchev–Trinajstić information content (AvgIpc) is 3.14. The van der Waals surface area contributed by atoms with Crippen molar-refractivity contribution in [1.82, 2.24) is 20.1 Å². The fourth-order valence-corrected chi connectivity index (χ4v) is 3.71. The third kappa shape index (κ3) is 3.65. The monoisotopic (exact) mass is 379 g/mol. The summed E-state index contributed by atoms with van der Waals surface area (Å²) in [5, 5.41) is 8.32. The Morgan fingerprint density at radius 2 is 2.04 bits per heavy atom. The lowest BCUT2D eigenvalue weighted by Crippen LogP contribution is -2.44. The number of benzene rings is 1. The highest BCUT2D eigenvalue weighted by molar-refractivity contribution is 5.93. The van der Waals surface area contributed by atoms with Gasteiger partial charge in [-0.05, 0) is 43.5 Å². The Balaban J connectivity index is 1.44. The number of nitrogens with zero attached hydrogens (tertiary/aromatic N) is 4. The van der Waals surface area contributed by atoms with Gasteiger partial charge in [-0.3, -0.25) is 9.48 Å². The molecule has 0 saturated carbocycles. The van der Waals surface area contributed by atoms with Gasteiger partial charge in [0.05, 0.1) is 24.4 Å². The highest BCUT2D eigenvalue weighted by Crippen LogP contribution is 2.27. The number of carbonyl (C=O) groups is 1. The Hall–Kier alpha value is -3.09. The molecule has 7 heteroatoms. The lowest BCUT2D eigenvalue weighted by molar-refractivity contribution is 0.0931. The van der Waals surface area contributed by atoms with Crippen LogP contribution in [-0.4, -0.2) is 46.9 Å². The maximum atomic E-state index is 12.3. The van der Waals surface area contributed by atoms with Crippen molar-refractivity contribution < 1.29 is 9.53 Å². The summed E-state index contributed by atoms with van der Waals surface area (Å²) in [6.45, 7) is 3.83. The van der Waals surface area contributed by atoms with Crippen molar-refractivity contribution >= 4 is 22.6 Å². The molecular weight excluding hydrogens is 354 g/mol. The van der Waals surface area contributed by atoms with Gasteiger partial charge in [-0.15, -0.1) is 0 Å². The minimum atomic E-state index is -0.0571. The van der Waals surface area contributed by atoms with Gasteiger partial charge in [-0.2, -0.15) is 5.10 Å². The van der Waals surface area contributed by atoms with Crippen molar-refractivity contribution in [3.8, 4) is 5.75 Å². The molecule has 1 N–H and O–H groups in total. The third-order valence-corrected chi connectivity index (χ3v) is 5.33. The van der Waals surface area contributed by atoms with Crippen LogP contribution in [0.15, 0.2) is 36.7 Å². The van der Waals surface area contributed by atoms with E-state index in [1.807, 2.05) is 19.2 Å². The zero-order chi connectivity index (χ0) is 19.7. The predicted molar refractivity (Wildman–Crippen MR) is 109 cm³/mol. The number of fused-ring (bicyclic) bond motifs is 1. The molecule has 1 aliphatic heterocycles. The molecule has 7 nitrogen and oxygen atoms in total. The van der Waals surface area contributed by atoms with Gasteiger partial charge < -0.3 is 15.0 Å². The number of anilines is 1. The van der Waals surface area contributed by atoms with Crippen molar-refractivity contribution in [3.63, 3.8) is 0 Å². The highest BCUT2D eigenvalue weighted by atomic mass is 16.5. The summed E-state index contributed by atoms with van der Waals surface area (Å²) in [7, 11) is 3.48. The number of amides is 1. The van der Waals surface area contributed by atoms with E-state index >= 15 is 0 Å². The second kappa shape index (κ2) is 7.50. The van der Waals surface area contributed by atoms with Crippen LogP contribution in [0, 0.1) is 6.92 Å². The van der Waals surface area contributed by atoms with Gasteiger partial charge in [0, 0.05) is 43.8 Å².